The molecule has 2 amide bonds. The van der Waals surface area contributed by atoms with Gasteiger partial charge in [-0.15, -0.1) is 11.3 Å². The standard InChI is InChI=1S/C20H20FN3O5S/c1-4-24(3)19(27)13(25)6-5-10-7-11-14(8-12(10)21)29-9-20(2,28)16-15(11)23-18(30-16)17(22)26/h7-8,13,25,28H,4,9H2,1-3H3,(H2,22,26)/t13-,20+/m1/s1. The molecule has 3 rings (SSSR count). The second-order valence-electron chi connectivity index (χ2n) is 6.98. The van der Waals surface area contributed by atoms with E-state index in [-0.39, 0.29) is 28.6 Å². The highest BCUT2D eigenvalue weighted by molar-refractivity contribution is 7.14. The summed E-state index contributed by atoms with van der Waals surface area (Å²) in [5.74, 6) is 2.82. The van der Waals surface area contributed by atoms with Crippen LogP contribution in [0, 0.1) is 17.7 Å². The molecule has 8 nitrogen and oxygen atoms in total. The van der Waals surface area contributed by atoms with Gasteiger partial charge in [-0.05, 0) is 19.9 Å². The lowest BCUT2D eigenvalue weighted by Gasteiger charge is -2.19. The van der Waals surface area contributed by atoms with Crippen LogP contribution in [-0.4, -0.2) is 58.2 Å². The number of aromatic nitrogens is 1. The molecular weight excluding hydrogens is 413 g/mol. The summed E-state index contributed by atoms with van der Waals surface area (Å²) in [7, 11) is 1.51. The van der Waals surface area contributed by atoms with Crippen molar-refractivity contribution < 1.29 is 28.9 Å². The molecule has 10 heteroatoms. The van der Waals surface area contributed by atoms with Crippen molar-refractivity contribution in [1.82, 2.24) is 9.88 Å². The average molecular weight is 433 g/mol. The Morgan fingerprint density at radius 1 is 1.50 bits per heavy atom. The molecule has 1 aliphatic rings. The molecule has 2 aromatic rings. The number of nitrogens with two attached hydrogens (primary N) is 1. The normalized spacial score (nSPS) is 18.1. The van der Waals surface area contributed by atoms with E-state index < -0.39 is 29.3 Å². The lowest BCUT2D eigenvalue weighted by molar-refractivity contribution is -0.135. The molecule has 4 N–H and O–H groups in total. The van der Waals surface area contributed by atoms with Crippen LogP contribution in [0.4, 0.5) is 4.39 Å². The van der Waals surface area contributed by atoms with Crippen LogP contribution in [0.15, 0.2) is 12.1 Å². The highest BCUT2D eigenvalue weighted by atomic mass is 32.1. The van der Waals surface area contributed by atoms with Crippen molar-refractivity contribution in [3.05, 3.63) is 33.4 Å². The molecule has 1 aromatic carbocycles. The first-order chi connectivity index (χ1) is 14.0. The number of amides is 2. The summed E-state index contributed by atoms with van der Waals surface area (Å²) >= 11 is 0.930. The van der Waals surface area contributed by atoms with Gasteiger partial charge in [0.05, 0.1) is 16.1 Å². The number of hydrogen-bond donors (Lipinski definition) is 3. The lowest BCUT2D eigenvalue weighted by atomic mass is 10.0. The zero-order valence-corrected chi connectivity index (χ0v) is 17.3. The Morgan fingerprint density at radius 2 is 2.20 bits per heavy atom. The summed E-state index contributed by atoms with van der Waals surface area (Å²) in [6, 6.07) is 2.42. The molecule has 0 bridgehead atoms. The van der Waals surface area contributed by atoms with E-state index in [2.05, 4.69) is 16.8 Å². The number of primary amides is 1. The quantitative estimate of drug-likeness (QED) is 0.616. The summed E-state index contributed by atoms with van der Waals surface area (Å²) in [5, 5.41) is 20.7. The second kappa shape index (κ2) is 8.02. The second-order valence-corrected chi connectivity index (χ2v) is 7.98. The molecule has 0 saturated heterocycles. The lowest BCUT2D eigenvalue weighted by Crippen LogP contribution is -2.35. The number of likely N-dealkylation sites (N-methyl/N-ethyl adjacent to an activating group) is 1. The molecule has 1 aliphatic heterocycles. The maximum absolute atomic E-state index is 14.6. The van der Waals surface area contributed by atoms with Crippen LogP contribution in [0.25, 0.3) is 11.3 Å². The van der Waals surface area contributed by atoms with Crippen LogP contribution in [0.1, 0.15) is 34.1 Å². The average Bonchev–Trinajstić information content (AvgIpc) is 3.13. The van der Waals surface area contributed by atoms with Gasteiger partial charge in [0.1, 0.15) is 23.8 Å². The van der Waals surface area contributed by atoms with Crippen LogP contribution in [0.5, 0.6) is 5.75 Å². The van der Waals surface area contributed by atoms with E-state index in [1.807, 2.05) is 0 Å². The minimum atomic E-state index is -1.61. The smallest absolute Gasteiger partial charge is 0.277 e. The number of nitrogens with zero attached hydrogens (tertiary/aromatic N) is 2. The highest BCUT2D eigenvalue weighted by Gasteiger charge is 2.36. The van der Waals surface area contributed by atoms with Gasteiger partial charge < -0.3 is 25.6 Å². The fourth-order valence-electron chi connectivity index (χ4n) is 2.78. The number of aliphatic hydroxyl groups is 2. The van der Waals surface area contributed by atoms with Gasteiger partial charge in [-0.25, -0.2) is 9.37 Å². The number of ether oxygens (including phenoxy) is 1. The highest BCUT2D eigenvalue weighted by Crippen LogP contribution is 2.44. The Hall–Kier alpha value is -3.00. The first-order valence-corrected chi connectivity index (χ1v) is 9.81. The number of thiazole rings is 1. The Morgan fingerprint density at radius 3 is 2.83 bits per heavy atom. The van der Waals surface area contributed by atoms with Crippen LogP contribution >= 0.6 is 11.3 Å². The summed E-state index contributed by atoms with van der Waals surface area (Å²) in [5.41, 5.74) is 4.28. The van der Waals surface area contributed by atoms with Crippen molar-refractivity contribution in [3.63, 3.8) is 0 Å². The van der Waals surface area contributed by atoms with Gasteiger partial charge in [-0.3, -0.25) is 9.59 Å². The molecule has 158 valence electrons. The zero-order valence-electron chi connectivity index (χ0n) is 16.5. The number of carbonyl (C=O) groups is 2. The summed E-state index contributed by atoms with van der Waals surface area (Å²) in [6.45, 7) is 3.43. The molecule has 1 aromatic heterocycles. The zero-order chi connectivity index (χ0) is 22.2. The SMILES string of the molecule is CCN(C)C(=O)[C@H](O)C#Cc1cc2c(cc1F)OC[C@](C)(O)c1sc(C(N)=O)nc1-2. The van der Waals surface area contributed by atoms with Crippen molar-refractivity contribution in [1.29, 1.82) is 0 Å². The first kappa shape index (κ1) is 21.7. The molecule has 2 atom stereocenters. The van der Waals surface area contributed by atoms with E-state index in [4.69, 9.17) is 10.5 Å². The van der Waals surface area contributed by atoms with Gasteiger partial charge in [-0.1, -0.05) is 11.8 Å². The van der Waals surface area contributed by atoms with E-state index in [9.17, 15) is 24.2 Å². The number of carbonyl (C=O) groups excluding carboxylic acids is 2. The number of benzene rings is 1. The van der Waals surface area contributed by atoms with Crippen LogP contribution in [0.3, 0.4) is 0 Å². The Labute approximate surface area is 176 Å². The summed E-state index contributed by atoms with van der Waals surface area (Å²) < 4.78 is 20.1. The monoisotopic (exact) mass is 433 g/mol. The van der Waals surface area contributed by atoms with Crippen molar-refractivity contribution in [2.24, 2.45) is 5.73 Å². The third-order valence-electron chi connectivity index (χ3n) is 4.59. The van der Waals surface area contributed by atoms with Gasteiger partial charge >= 0.3 is 0 Å². The Kier molecular flexibility index (Phi) is 5.81. The van der Waals surface area contributed by atoms with Crippen LogP contribution in [0.2, 0.25) is 0 Å². The van der Waals surface area contributed by atoms with Crippen molar-refractivity contribution in [2.45, 2.75) is 25.6 Å². The van der Waals surface area contributed by atoms with E-state index in [0.29, 0.717) is 17.0 Å². The predicted octanol–water partition coefficient (Wildman–Crippen LogP) is 0.839. The Bertz CT molecular complexity index is 1090. The van der Waals surface area contributed by atoms with Crippen molar-refractivity contribution >= 4 is 23.2 Å². The molecule has 0 radical (unpaired) electrons. The number of fused-ring (bicyclic) bond motifs is 3. The third-order valence-corrected chi connectivity index (χ3v) is 5.91. The van der Waals surface area contributed by atoms with Crippen LogP contribution < -0.4 is 10.5 Å². The molecule has 0 unspecified atom stereocenters. The van der Waals surface area contributed by atoms with E-state index >= 15 is 0 Å². The summed E-state index contributed by atoms with van der Waals surface area (Å²) in [4.78, 5) is 29.4. The van der Waals surface area contributed by atoms with Gasteiger partial charge in [0.25, 0.3) is 11.8 Å². The minimum Gasteiger partial charge on any atom is -0.489 e. The van der Waals surface area contributed by atoms with E-state index in [1.165, 1.54) is 24.9 Å². The number of halogens is 1. The Balaban J connectivity index is 2.09. The van der Waals surface area contributed by atoms with Crippen molar-refractivity contribution in [3.8, 4) is 28.8 Å². The van der Waals surface area contributed by atoms with Gasteiger partial charge in [0.2, 0.25) is 0 Å². The number of aliphatic hydroxyl groups excluding tert-OH is 1. The molecule has 0 fully saturated rings. The van der Waals surface area contributed by atoms with Crippen LogP contribution in [-0.2, 0) is 10.4 Å². The molecule has 0 aliphatic carbocycles. The first-order valence-electron chi connectivity index (χ1n) is 9.00. The predicted molar refractivity (Wildman–Crippen MR) is 107 cm³/mol. The third kappa shape index (κ3) is 4.00. The van der Waals surface area contributed by atoms with E-state index in [1.54, 1.807) is 6.92 Å². The number of hydrogen-bond acceptors (Lipinski definition) is 7. The summed E-state index contributed by atoms with van der Waals surface area (Å²) in [6.07, 6.45) is -1.61. The number of rotatable bonds is 3. The molecule has 2 heterocycles. The van der Waals surface area contributed by atoms with Gasteiger partial charge in [0, 0.05) is 25.2 Å². The van der Waals surface area contributed by atoms with Gasteiger partial charge in [-0.2, -0.15) is 0 Å². The van der Waals surface area contributed by atoms with Crippen molar-refractivity contribution in [2.75, 3.05) is 20.2 Å². The largest absolute Gasteiger partial charge is 0.489 e. The maximum atomic E-state index is 14.6. The molecule has 0 saturated carbocycles. The van der Waals surface area contributed by atoms with E-state index in [0.717, 1.165) is 17.4 Å². The molecular formula is C20H20FN3O5S. The molecule has 30 heavy (non-hydrogen) atoms. The topological polar surface area (TPSA) is 126 Å². The van der Waals surface area contributed by atoms with Gasteiger partial charge in [0.15, 0.2) is 11.1 Å². The fourth-order valence-corrected chi connectivity index (χ4v) is 3.75. The minimum absolute atomic E-state index is 0.00583. The molecule has 0 spiro atoms. The maximum Gasteiger partial charge on any atom is 0.277 e. The fraction of sp³-hybridized carbons (Fsp3) is 0.350.